The lowest BCUT2D eigenvalue weighted by Crippen LogP contribution is -2.46. The van der Waals surface area contributed by atoms with E-state index in [0.717, 1.165) is 0 Å². The molecule has 0 bridgehead atoms. The van der Waals surface area contributed by atoms with Crippen LogP contribution in [-0.4, -0.2) is 53.0 Å². The third-order valence-electron chi connectivity index (χ3n) is 2.93. The highest BCUT2D eigenvalue weighted by molar-refractivity contribution is 5.40. The summed E-state index contributed by atoms with van der Waals surface area (Å²) in [5.74, 6) is 0.0836. The second-order valence-corrected chi connectivity index (χ2v) is 5.58. The number of hydrogen-bond donors (Lipinski definition) is 4. The van der Waals surface area contributed by atoms with Gasteiger partial charge in [0.05, 0.1) is 5.60 Å². The second-order valence-electron chi connectivity index (χ2n) is 5.58. The molecule has 108 valence electrons. The van der Waals surface area contributed by atoms with Gasteiger partial charge in [0, 0.05) is 30.8 Å². The third-order valence-corrected chi connectivity index (χ3v) is 2.93. The van der Waals surface area contributed by atoms with Crippen LogP contribution in [0.5, 0.6) is 11.5 Å². The van der Waals surface area contributed by atoms with Gasteiger partial charge in [-0.1, -0.05) is 6.07 Å². The van der Waals surface area contributed by atoms with Crippen LogP contribution >= 0.6 is 0 Å². The van der Waals surface area contributed by atoms with Crippen LogP contribution in [0.3, 0.4) is 0 Å². The van der Waals surface area contributed by atoms with E-state index in [0.29, 0.717) is 18.7 Å². The van der Waals surface area contributed by atoms with Crippen molar-refractivity contribution in [3.05, 3.63) is 23.8 Å². The van der Waals surface area contributed by atoms with Gasteiger partial charge in [0.25, 0.3) is 0 Å². The molecule has 5 nitrogen and oxygen atoms in total. The number of likely N-dealkylation sites (N-methyl/N-ethyl adjacent to an activating group) is 1. The smallest absolute Gasteiger partial charge is 0.124 e. The van der Waals surface area contributed by atoms with Crippen LogP contribution in [-0.2, 0) is 0 Å². The van der Waals surface area contributed by atoms with Crippen LogP contribution < -0.4 is 5.32 Å². The van der Waals surface area contributed by atoms with Crippen LogP contribution in [0.15, 0.2) is 18.2 Å². The Morgan fingerprint density at radius 1 is 1.32 bits per heavy atom. The molecule has 0 aliphatic heterocycles. The Morgan fingerprint density at radius 2 is 1.95 bits per heavy atom. The molecule has 2 unspecified atom stereocenters. The number of phenolic OH excluding ortho intramolecular Hbond substituents is 2. The highest BCUT2D eigenvalue weighted by Gasteiger charge is 2.22. The van der Waals surface area contributed by atoms with Gasteiger partial charge >= 0.3 is 0 Å². The van der Waals surface area contributed by atoms with Crippen LogP contribution in [0.4, 0.5) is 0 Å². The van der Waals surface area contributed by atoms with Crippen LogP contribution in [0, 0.1) is 0 Å². The molecule has 0 radical (unpaired) electrons. The number of aliphatic hydroxyl groups is 1. The zero-order valence-electron chi connectivity index (χ0n) is 12.0. The lowest BCUT2D eigenvalue weighted by molar-refractivity contribution is 0.0317. The third kappa shape index (κ3) is 5.06. The Bertz CT molecular complexity index is 419. The Labute approximate surface area is 114 Å². The molecular weight excluding hydrogens is 244 g/mol. The van der Waals surface area contributed by atoms with E-state index in [-0.39, 0.29) is 17.5 Å². The molecule has 1 aromatic carbocycles. The molecule has 0 fully saturated rings. The molecule has 0 aromatic heterocycles. The molecule has 0 spiro atoms. The first-order chi connectivity index (χ1) is 8.71. The van der Waals surface area contributed by atoms with Crippen molar-refractivity contribution in [1.82, 2.24) is 10.2 Å². The Balaban J connectivity index is 2.62. The number of benzene rings is 1. The normalized spacial score (nSPS) is 16.3. The number of nitrogens with zero attached hydrogens (tertiary/aromatic N) is 1. The molecule has 0 saturated heterocycles. The maximum Gasteiger partial charge on any atom is 0.124 e. The lowest BCUT2D eigenvalue weighted by Gasteiger charge is -2.29. The summed E-state index contributed by atoms with van der Waals surface area (Å²) in [4.78, 5) is 1.92. The number of nitrogens with one attached hydrogen (secondary N) is 1. The Hall–Kier alpha value is -1.30. The number of phenols is 2. The van der Waals surface area contributed by atoms with Gasteiger partial charge in [-0.2, -0.15) is 0 Å². The maximum absolute atomic E-state index is 10.2. The summed E-state index contributed by atoms with van der Waals surface area (Å²) < 4.78 is 0. The molecule has 19 heavy (non-hydrogen) atoms. The van der Waals surface area contributed by atoms with Crippen LogP contribution in [0.1, 0.15) is 25.5 Å². The molecule has 1 aromatic rings. The fraction of sp³-hybridized carbons (Fsp3) is 0.571. The van der Waals surface area contributed by atoms with E-state index in [1.807, 2.05) is 25.9 Å². The van der Waals surface area contributed by atoms with Gasteiger partial charge in [-0.15, -0.1) is 0 Å². The fourth-order valence-electron chi connectivity index (χ4n) is 2.12. The van der Waals surface area contributed by atoms with Crippen molar-refractivity contribution in [3.8, 4) is 11.5 Å². The minimum atomic E-state index is -0.843. The predicted octanol–water partition coefficient (Wildman–Crippen LogP) is 1.06. The summed E-state index contributed by atoms with van der Waals surface area (Å²) in [5.41, 5.74) is -0.150. The highest BCUT2D eigenvalue weighted by atomic mass is 16.3. The van der Waals surface area contributed by atoms with Crippen LogP contribution in [0.25, 0.3) is 0 Å². The quantitative estimate of drug-likeness (QED) is 0.621. The van der Waals surface area contributed by atoms with E-state index >= 15 is 0 Å². The Morgan fingerprint density at radius 3 is 2.47 bits per heavy atom. The topological polar surface area (TPSA) is 76.0 Å². The molecule has 2 atom stereocenters. The fourth-order valence-corrected chi connectivity index (χ4v) is 2.12. The van der Waals surface area contributed by atoms with Gasteiger partial charge in [0.1, 0.15) is 11.5 Å². The monoisotopic (exact) mass is 268 g/mol. The zero-order valence-corrected chi connectivity index (χ0v) is 12.0. The van der Waals surface area contributed by atoms with Crippen molar-refractivity contribution in [3.63, 3.8) is 0 Å². The molecule has 0 aliphatic rings. The summed E-state index contributed by atoms with van der Waals surface area (Å²) >= 11 is 0. The molecule has 1 rings (SSSR count). The second kappa shape index (κ2) is 6.23. The molecular formula is C14H24N2O3. The molecule has 4 N–H and O–H groups in total. The first-order valence-corrected chi connectivity index (χ1v) is 6.33. The van der Waals surface area contributed by atoms with E-state index < -0.39 is 5.60 Å². The summed E-state index contributed by atoms with van der Waals surface area (Å²) in [6.45, 7) is 4.63. The summed E-state index contributed by atoms with van der Waals surface area (Å²) in [6.07, 6.45) is 0. The van der Waals surface area contributed by atoms with Crippen molar-refractivity contribution in [2.75, 3.05) is 27.2 Å². The van der Waals surface area contributed by atoms with Crippen molar-refractivity contribution in [2.45, 2.75) is 25.5 Å². The minimum absolute atomic E-state index is 0.0352. The largest absolute Gasteiger partial charge is 0.508 e. The molecule has 0 aliphatic carbocycles. The van der Waals surface area contributed by atoms with E-state index in [9.17, 15) is 15.3 Å². The SMILES string of the molecule is CC(NCC(C)(O)CN(C)C)c1ccc(O)cc1O. The first-order valence-electron chi connectivity index (χ1n) is 6.33. The van der Waals surface area contributed by atoms with Crippen molar-refractivity contribution in [1.29, 1.82) is 0 Å². The molecule has 0 heterocycles. The van der Waals surface area contributed by atoms with Gasteiger partial charge in [0.15, 0.2) is 0 Å². The standard InChI is InChI=1S/C14H24N2O3/c1-10(12-6-5-11(17)7-13(12)18)15-8-14(2,19)9-16(3)4/h5-7,10,15,17-19H,8-9H2,1-4H3. The average Bonchev–Trinajstić information content (AvgIpc) is 2.24. The van der Waals surface area contributed by atoms with Crippen molar-refractivity contribution in [2.24, 2.45) is 0 Å². The van der Waals surface area contributed by atoms with Gasteiger partial charge in [-0.25, -0.2) is 0 Å². The summed E-state index contributed by atoms with van der Waals surface area (Å²) in [6, 6.07) is 4.40. The predicted molar refractivity (Wildman–Crippen MR) is 75.4 cm³/mol. The lowest BCUT2D eigenvalue weighted by atomic mass is 10.0. The number of rotatable bonds is 6. The van der Waals surface area contributed by atoms with Gasteiger partial charge in [-0.3, -0.25) is 0 Å². The molecule has 0 saturated carbocycles. The van der Waals surface area contributed by atoms with Gasteiger partial charge in [-0.05, 0) is 34.0 Å². The molecule has 5 heteroatoms. The van der Waals surface area contributed by atoms with E-state index in [1.165, 1.54) is 12.1 Å². The maximum atomic E-state index is 10.2. The van der Waals surface area contributed by atoms with E-state index in [2.05, 4.69) is 5.32 Å². The number of hydrogen-bond acceptors (Lipinski definition) is 5. The van der Waals surface area contributed by atoms with E-state index in [1.54, 1.807) is 13.0 Å². The zero-order chi connectivity index (χ0) is 14.6. The average molecular weight is 268 g/mol. The Kier molecular flexibility index (Phi) is 5.17. The van der Waals surface area contributed by atoms with E-state index in [4.69, 9.17) is 0 Å². The summed E-state index contributed by atoms with van der Waals surface area (Å²) in [7, 11) is 3.81. The van der Waals surface area contributed by atoms with Gasteiger partial charge in [0.2, 0.25) is 0 Å². The highest BCUT2D eigenvalue weighted by Crippen LogP contribution is 2.27. The molecule has 0 amide bonds. The number of aromatic hydroxyl groups is 2. The van der Waals surface area contributed by atoms with Crippen molar-refractivity contribution >= 4 is 0 Å². The van der Waals surface area contributed by atoms with Crippen molar-refractivity contribution < 1.29 is 15.3 Å². The first kappa shape index (κ1) is 15.8. The van der Waals surface area contributed by atoms with Gasteiger partial charge < -0.3 is 25.5 Å². The minimum Gasteiger partial charge on any atom is -0.508 e. The summed E-state index contributed by atoms with van der Waals surface area (Å²) in [5, 5.41) is 32.4. The van der Waals surface area contributed by atoms with Crippen LogP contribution in [0.2, 0.25) is 0 Å².